The maximum atomic E-state index is 4.68. The second kappa shape index (κ2) is 8.65. The van der Waals surface area contributed by atoms with E-state index in [9.17, 15) is 0 Å². The molecule has 1 aliphatic rings. The van der Waals surface area contributed by atoms with Crippen LogP contribution in [-0.2, 0) is 6.54 Å². The van der Waals surface area contributed by atoms with Crippen molar-refractivity contribution in [3.63, 3.8) is 0 Å². The average Bonchev–Trinajstić information content (AvgIpc) is 2.67. The molecule has 0 unspecified atom stereocenters. The normalized spacial score (nSPS) is 15.6. The van der Waals surface area contributed by atoms with E-state index in [2.05, 4.69) is 83.0 Å². The highest BCUT2D eigenvalue weighted by Crippen LogP contribution is 2.20. The fourth-order valence-corrected chi connectivity index (χ4v) is 3.07. The molecule has 3 rings (SSSR count). The van der Waals surface area contributed by atoms with Crippen molar-refractivity contribution in [3.8, 4) is 0 Å². The number of nitrogens with one attached hydrogen (secondary N) is 1. The molecule has 27 heavy (non-hydrogen) atoms. The minimum absolute atomic E-state index is 0.314. The van der Waals surface area contributed by atoms with Gasteiger partial charge in [0.05, 0.1) is 0 Å². The highest BCUT2D eigenvalue weighted by Gasteiger charge is 2.15. The van der Waals surface area contributed by atoms with Crippen LogP contribution in [0.4, 0.5) is 11.6 Å². The summed E-state index contributed by atoms with van der Waals surface area (Å²) < 4.78 is 0. The number of pyridine rings is 1. The molecule has 0 spiro atoms. The largest absolute Gasteiger partial charge is 0.366 e. The number of aromatic nitrogens is 3. The minimum Gasteiger partial charge on any atom is -0.366 e. The van der Waals surface area contributed by atoms with Crippen LogP contribution < -0.4 is 10.2 Å². The van der Waals surface area contributed by atoms with Gasteiger partial charge in [-0.15, -0.1) is 0 Å². The number of hydrogen-bond acceptors (Lipinski definition) is 6. The van der Waals surface area contributed by atoms with Crippen molar-refractivity contribution in [1.82, 2.24) is 19.9 Å². The van der Waals surface area contributed by atoms with Crippen LogP contribution in [0.5, 0.6) is 0 Å². The van der Waals surface area contributed by atoms with Crippen LogP contribution in [0.3, 0.4) is 0 Å². The summed E-state index contributed by atoms with van der Waals surface area (Å²) >= 11 is 0. The molecule has 0 aromatic carbocycles. The van der Waals surface area contributed by atoms with Gasteiger partial charge in [0.25, 0.3) is 0 Å². The van der Waals surface area contributed by atoms with E-state index >= 15 is 0 Å². The zero-order chi connectivity index (χ0) is 19.4. The first-order chi connectivity index (χ1) is 12.9. The van der Waals surface area contributed by atoms with Gasteiger partial charge in [-0.3, -0.25) is 0 Å². The van der Waals surface area contributed by atoms with Gasteiger partial charge in [-0.25, -0.2) is 15.0 Å². The molecule has 6 heteroatoms. The van der Waals surface area contributed by atoms with Crippen LogP contribution in [0, 0.1) is 0 Å². The lowest BCUT2D eigenvalue weighted by Gasteiger charge is -2.33. The molecule has 0 radical (unpaired) electrons. The number of anilines is 2. The van der Waals surface area contributed by atoms with Gasteiger partial charge >= 0.3 is 0 Å². The summed E-state index contributed by atoms with van der Waals surface area (Å²) in [6.07, 6.45) is 1.97. The van der Waals surface area contributed by atoms with Crippen LogP contribution in [0.1, 0.15) is 56.6 Å². The van der Waals surface area contributed by atoms with Crippen molar-refractivity contribution in [2.75, 3.05) is 43.4 Å². The third kappa shape index (κ3) is 5.16. The Balaban J connectivity index is 1.64. The van der Waals surface area contributed by atoms with Crippen LogP contribution >= 0.6 is 0 Å². The topological polar surface area (TPSA) is 57.2 Å². The highest BCUT2D eigenvalue weighted by atomic mass is 15.3. The van der Waals surface area contributed by atoms with E-state index in [-0.39, 0.29) is 0 Å². The Morgan fingerprint density at radius 1 is 1.00 bits per heavy atom. The van der Waals surface area contributed by atoms with E-state index < -0.39 is 0 Å². The predicted octanol–water partition coefficient (Wildman–Crippen LogP) is 3.48. The molecule has 3 heterocycles. The van der Waals surface area contributed by atoms with Crippen molar-refractivity contribution in [2.24, 2.45) is 0 Å². The quantitative estimate of drug-likeness (QED) is 0.842. The summed E-state index contributed by atoms with van der Waals surface area (Å²) in [6.45, 7) is 13.6. The molecular formula is C21H32N6. The van der Waals surface area contributed by atoms with Gasteiger partial charge in [0, 0.05) is 56.6 Å². The summed E-state index contributed by atoms with van der Waals surface area (Å²) in [7, 11) is 2.17. The minimum atomic E-state index is 0.314. The van der Waals surface area contributed by atoms with Gasteiger partial charge < -0.3 is 15.1 Å². The number of rotatable bonds is 6. The lowest BCUT2D eigenvalue weighted by molar-refractivity contribution is 0.312. The molecule has 6 nitrogen and oxygen atoms in total. The second-order valence-electron chi connectivity index (χ2n) is 8.01. The molecule has 2 aromatic rings. The summed E-state index contributed by atoms with van der Waals surface area (Å²) in [5.74, 6) is 3.55. The van der Waals surface area contributed by atoms with Gasteiger partial charge in [-0.2, -0.15) is 0 Å². The number of nitrogens with zero attached hydrogens (tertiary/aromatic N) is 5. The monoisotopic (exact) mass is 368 g/mol. The molecule has 0 aliphatic carbocycles. The van der Waals surface area contributed by atoms with Crippen LogP contribution in [0.2, 0.25) is 0 Å². The summed E-state index contributed by atoms with van der Waals surface area (Å²) in [5.41, 5.74) is 2.24. The number of hydrogen-bond donors (Lipinski definition) is 1. The van der Waals surface area contributed by atoms with E-state index in [1.54, 1.807) is 0 Å². The first kappa shape index (κ1) is 19.5. The van der Waals surface area contributed by atoms with Crippen molar-refractivity contribution < 1.29 is 0 Å². The Hall–Kier alpha value is -2.21. The van der Waals surface area contributed by atoms with Crippen molar-refractivity contribution in [3.05, 3.63) is 41.5 Å². The Bertz CT molecular complexity index is 707. The number of likely N-dealkylation sites (N-methyl/N-ethyl adjacent to an activating group) is 1. The van der Waals surface area contributed by atoms with E-state index in [4.69, 9.17) is 0 Å². The smallest absolute Gasteiger partial charge is 0.133 e. The molecule has 1 saturated heterocycles. The zero-order valence-electron chi connectivity index (χ0n) is 17.2. The Morgan fingerprint density at radius 3 is 2.33 bits per heavy atom. The summed E-state index contributed by atoms with van der Waals surface area (Å²) in [4.78, 5) is 18.7. The Kier molecular flexibility index (Phi) is 6.26. The fraction of sp³-hybridized carbons (Fsp3) is 0.571. The predicted molar refractivity (Wildman–Crippen MR) is 111 cm³/mol. The van der Waals surface area contributed by atoms with E-state index in [1.807, 2.05) is 6.20 Å². The van der Waals surface area contributed by atoms with Gasteiger partial charge in [-0.1, -0.05) is 33.8 Å². The second-order valence-corrected chi connectivity index (χ2v) is 8.01. The van der Waals surface area contributed by atoms with E-state index in [0.717, 1.165) is 54.9 Å². The van der Waals surface area contributed by atoms with Crippen LogP contribution in [0.15, 0.2) is 24.4 Å². The van der Waals surface area contributed by atoms with Gasteiger partial charge in [0.15, 0.2) is 0 Å². The van der Waals surface area contributed by atoms with Gasteiger partial charge in [0.2, 0.25) is 0 Å². The lowest BCUT2D eigenvalue weighted by Crippen LogP contribution is -2.44. The van der Waals surface area contributed by atoms with Crippen LogP contribution in [-0.4, -0.2) is 53.1 Å². The molecule has 2 aromatic heterocycles. The SMILES string of the molecule is CC(C)c1cc(NCc2ccc(N3CCN(C)CC3)nc2)nc(C(C)C)n1. The zero-order valence-corrected chi connectivity index (χ0v) is 17.2. The molecule has 146 valence electrons. The highest BCUT2D eigenvalue weighted by molar-refractivity contribution is 5.42. The fourth-order valence-electron chi connectivity index (χ4n) is 3.07. The average molecular weight is 369 g/mol. The summed E-state index contributed by atoms with van der Waals surface area (Å²) in [5, 5.41) is 3.44. The molecule has 1 aliphatic heterocycles. The first-order valence-electron chi connectivity index (χ1n) is 9.93. The van der Waals surface area contributed by atoms with E-state index in [1.165, 1.54) is 0 Å². The lowest BCUT2D eigenvalue weighted by atomic mass is 10.1. The molecule has 0 bridgehead atoms. The molecule has 0 amide bonds. The van der Waals surface area contributed by atoms with Gasteiger partial charge in [-0.05, 0) is 24.6 Å². The molecule has 1 fully saturated rings. The Morgan fingerprint density at radius 2 is 1.74 bits per heavy atom. The maximum absolute atomic E-state index is 4.68. The van der Waals surface area contributed by atoms with Crippen LogP contribution in [0.25, 0.3) is 0 Å². The van der Waals surface area contributed by atoms with Crippen molar-refractivity contribution >= 4 is 11.6 Å². The third-order valence-corrected chi connectivity index (χ3v) is 4.98. The summed E-state index contributed by atoms with van der Waals surface area (Å²) in [6, 6.07) is 6.34. The first-order valence-corrected chi connectivity index (χ1v) is 9.93. The van der Waals surface area contributed by atoms with E-state index in [0.29, 0.717) is 18.4 Å². The standard InChI is InChI=1S/C21H32N6/c1-15(2)18-12-19(25-21(24-18)16(3)4)22-13-17-6-7-20(23-14-17)27-10-8-26(5)9-11-27/h6-7,12,14-16H,8-11,13H2,1-5H3,(H,22,24,25). The molecule has 0 saturated carbocycles. The van der Waals surface area contributed by atoms with Crippen molar-refractivity contribution in [1.29, 1.82) is 0 Å². The maximum Gasteiger partial charge on any atom is 0.133 e. The van der Waals surface area contributed by atoms with Gasteiger partial charge in [0.1, 0.15) is 17.5 Å². The molecule has 0 atom stereocenters. The van der Waals surface area contributed by atoms with Crippen molar-refractivity contribution in [2.45, 2.75) is 46.1 Å². The third-order valence-electron chi connectivity index (χ3n) is 4.98. The molecule has 1 N–H and O–H groups in total. The Labute approximate surface area is 163 Å². The number of piperazine rings is 1. The molecular weight excluding hydrogens is 336 g/mol.